The molecule has 0 aliphatic carbocycles. The number of aromatic nitrogens is 1. The maximum Gasteiger partial charge on any atom is 0.251 e. The smallest absolute Gasteiger partial charge is 0.251 e. The highest BCUT2D eigenvalue weighted by molar-refractivity contribution is 5.95. The van der Waals surface area contributed by atoms with E-state index in [2.05, 4.69) is 10.3 Å². The number of nitrogens with zero attached hydrogens (tertiary/aromatic N) is 1. The van der Waals surface area contributed by atoms with Gasteiger partial charge in [0.2, 0.25) is 0 Å². The summed E-state index contributed by atoms with van der Waals surface area (Å²) in [5.41, 5.74) is 2.82. The molecule has 0 radical (unpaired) electrons. The highest BCUT2D eigenvalue weighted by Crippen LogP contribution is 2.06. The fraction of sp³-hybridized carbons (Fsp3) is 0.250. The normalized spacial score (nSPS) is 10.2. The van der Waals surface area contributed by atoms with Gasteiger partial charge in [0.15, 0.2) is 0 Å². The lowest BCUT2D eigenvalue weighted by Crippen LogP contribution is -2.25. The predicted octanol–water partition coefficient (Wildman–Crippen LogP) is 2.75. The van der Waals surface area contributed by atoms with Crippen molar-refractivity contribution in [3.05, 3.63) is 65.5 Å². The molecule has 0 saturated heterocycles. The van der Waals surface area contributed by atoms with Gasteiger partial charge in [-0.3, -0.25) is 9.78 Å². The molecule has 0 atom stereocenters. The molecule has 1 N–H and O–H groups in total. The zero-order valence-corrected chi connectivity index (χ0v) is 11.1. The van der Waals surface area contributed by atoms with Gasteiger partial charge < -0.3 is 5.32 Å². The molecule has 3 nitrogen and oxygen atoms in total. The lowest BCUT2D eigenvalue weighted by Gasteiger charge is -2.07. The van der Waals surface area contributed by atoms with Crippen LogP contribution in [0.3, 0.4) is 0 Å². The first-order valence-electron chi connectivity index (χ1n) is 6.51. The summed E-state index contributed by atoms with van der Waals surface area (Å²) in [7, 11) is 0. The maximum absolute atomic E-state index is 12.0. The van der Waals surface area contributed by atoms with Gasteiger partial charge in [-0.2, -0.15) is 0 Å². The lowest BCUT2D eigenvalue weighted by atomic mass is 10.1. The Labute approximate surface area is 113 Å². The molecular weight excluding hydrogens is 236 g/mol. The number of aryl methyl sites for hydroxylation is 2. The van der Waals surface area contributed by atoms with E-state index in [0.29, 0.717) is 6.54 Å². The number of hydrogen-bond donors (Lipinski definition) is 1. The molecule has 0 aliphatic heterocycles. The molecule has 3 heteroatoms. The number of nitrogens with one attached hydrogen (secondary N) is 1. The van der Waals surface area contributed by atoms with Crippen LogP contribution in [0.1, 0.15) is 28.0 Å². The minimum Gasteiger partial charge on any atom is -0.352 e. The highest BCUT2D eigenvalue weighted by Gasteiger charge is 2.06. The van der Waals surface area contributed by atoms with Crippen LogP contribution in [0.2, 0.25) is 0 Å². The third-order valence-corrected chi connectivity index (χ3v) is 3.01. The summed E-state index contributed by atoms with van der Waals surface area (Å²) < 4.78 is 0. The van der Waals surface area contributed by atoms with E-state index in [1.165, 1.54) is 0 Å². The standard InChI is InChI=1S/C16H18N2O/c1-13-7-2-3-10-15(13)16(19)18-12-6-9-14-8-4-5-11-17-14/h2-5,7-8,10-11H,6,9,12H2,1H3,(H,18,19). The van der Waals surface area contributed by atoms with E-state index >= 15 is 0 Å². The summed E-state index contributed by atoms with van der Waals surface area (Å²) in [6.45, 7) is 2.62. The molecule has 98 valence electrons. The number of pyridine rings is 1. The molecule has 0 aliphatic rings. The predicted molar refractivity (Wildman–Crippen MR) is 76.1 cm³/mol. The van der Waals surface area contributed by atoms with E-state index in [0.717, 1.165) is 29.7 Å². The number of rotatable bonds is 5. The van der Waals surface area contributed by atoms with Crippen LogP contribution in [0.4, 0.5) is 0 Å². The van der Waals surface area contributed by atoms with Gasteiger partial charge in [-0.15, -0.1) is 0 Å². The first kappa shape index (κ1) is 13.3. The molecule has 0 fully saturated rings. The Balaban J connectivity index is 1.77. The van der Waals surface area contributed by atoms with Crippen LogP contribution < -0.4 is 5.32 Å². The topological polar surface area (TPSA) is 42.0 Å². The molecule has 19 heavy (non-hydrogen) atoms. The van der Waals surface area contributed by atoms with E-state index in [9.17, 15) is 4.79 Å². The van der Waals surface area contributed by atoms with Crippen LogP contribution in [0.5, 0.6) is 0 Å². The van der Waals surface area contributed by atoms with Crippen LogP contribution in [-0.4, -0.2) is 17.4 Å². The number of hydrogen-bond acceptors (Lipinski definition) is 2. The Bertz CT molecular complexity index is 537. The Hall–Kier alpha value is -2.16. The maximum atomic E-state index is 12.0. The lowest BCUT2D eigenvalue weighted by molar-refractivity contribution is 0.0952. The summed E-state index contributed by atoms with van der Waals surface area (Å²) in [5.74, 6) is -0.000814. The zero-order valence-electron chi connectivity index (χ0n) is 11.1. The average Bonchev–Trinajstić information content (AvgIpc) is 2.45. The summed E-state index contributed by atoms with van der Waals surface area (Å²) in [5, 5.41) is 2.94. The van der Waals surface area contributed by atoms with Gasteiger partial charge >= 0.3 is 0 Å². The SMILES string of the molecule is Cc1ccccc1C(=O)NCCCc1ccccn1. The van der Waals surface area contributed by atoms with Gasteiger partial charge in [-0.1, -0.05) is 24.3 Å². The largest absolute Gasteiger partial charge is 0.352 e. The quantitative estimate of drug-likeness (QED) is 0.834. The number of carbonyl (C=O) groups is 1. The highest BCUT2D eigenvalue weighted by atomic mass is 16.1. The van der Waals surface area contributed by atoms with Crippen molar-refractivity contribution in [1.29, 1.82) is 0 Å². The van der Waals surface area contributed by atoms with E-state index in [-0.39, 0.29) is 5.91 Å². The first-order valence-corrected chi connectivity index (χ1v) is 6.51. The second-order valence-corrected chi connectivity index (χ2v) is 4.50. The zero-order chi connectivity index (χ0) is 13.5. The van der Waals surface area contributed by atoms with Gasteiger partial charge in [-0.25, -0.2) is 0 Å². The number of amides is 1. The number of benzene rings is 1. The van der Waals surface area contributed by atoms with Gasteiger partial charge in [0.25, 0.3) is 5.91 Å². The van der Waals surface area contributed by atoms with Crippen molar-refractivity contribution in [3.8, 4) is 0 Å². The van der Waals surface area contributed by atoms with Crippen LogP contribution in [-0.2, 0) is 6.42 Å². The van der Waals surface area contributed by atoms with E-state index in [1.807, 2.05) is 49.4 Å². The molecule has 1 aromatic carbocycles. The van der Waals surface area contributed by atoms with Crippen molar-refractivity contribution in [1.82, 2.24) is 10.3 Å². The molecule has 0 saturated carbocycles. The second kappa shape index (κ2) is 6.69. The number of carbonyl (C=O) groups excluding carboxylic acids is 1. The molecule has 0 spiro atoms. The molecule has 1 aromatic heterocycles. The summed E-state index contributed by atoms with van der Waals surface area (Å²) in [6.07, 6.45) is 3.57. The van der Waals surface area contributed by atoms with E-state index in [4.69, 9.17) is 0 Å². The molecule has 1 heterocycles. The molecular formula is C16H18N2O. The molecule has 0 unspecified atom stereocenters. The van der Waals surface area contributed by atoms with Crippen molar-refractivity contribution < 1.29 is 4.79 Å². The Morgan fingerprint density at radius 2 is 1.95 bits per heavy atom. The van der Waals surface area contributed by atoms with Crippen LogP contribution in [0, 0.1) is 6.92 Å². The van der Waals surface area contributed by atoms with Crippen molar-refractivity contribution in [2.24, 2.45) is 0 Å². The fourth-order valence-corrected chi connectivity index (χ4v) is 1.94. The van der Waals surface area contributed by atoms with Gasteiger partial charge in [-0.05, 0) is 43.5 Å². The summed E-state index contributed by atoms with van der Waals surface area (Å²) in [6, 6.07) is 13.5. The van der Waals surface area contributed by atoms with E-state index < -0.39 is 0 Å². The third kappa shape index (κ3) is 3.91. The molecule has 1 amide bonds. The van der Waals surface area contributed by atoms with E-state index in [1.54, 1.807) is 6.20 Å². The van der Waals surface area contributed by atoms with Gasteiger partial charge in [0.05, 0.1) is 0 Å². The van der Waals surface area contributed by atoms with Gasteiger partial charge in [0.1, 0.15) is 0 Å². The van der Waals surface area contributed by atoms with Crippen molar-refractivity contribution in [3.63, 3.8) is 0 Å². The Kier molecular flexibility index (Phi) is 4.67. The van der Waals surface area contributed by atoms with Crippen molar-refractivity contribution >= 4 is 5.91 Å². The Morgan fingerprint density at radius 3 is 2.68 bits per heavy atom. The minimum absolute atomic E-state index is 0.000814. The summed E-state index contributed by atoms with van der Waals surface area (Å²) >= 11 is 0. The van der Waals surface area contributed by atoms with Crippen molar-refractivity contribution in [2.45, 2.75) is 19.8 Å². The molecule has 2 aromatic rings. The van der Waals surface area contributed by atoms with Crippen molar-refractivity contribution in [2.75, 3.05) is 6.54 Å². The summed E-state index contributed by atoms with van der Waals surface area (Å²) in [4.78, 5) is 16.2. The average molecular weight is 254 g/mol. The third-order valence-electron chi connectivity index (χ3n) is 3.01. The van der Waals surface area contributed by atoms with Crippen LogP contribution in [0.25, 0.3) is 0 Å². The van der Waals surface area contributed by atoms with Crippen LogP contribution >= 0.6 is 0 Å². The molecule has 0 bridgehead atoms. The van der Waals surface area contributed by atoms with Gasteiger partial charge in [0, 0.05) is 24.0 Å². The Morgan fingerprint density at radius 1 is 1.16 bits per heavy atom. The molecule has 2 rings (SSSR count). The fourth-order valence-electron chi connectivity index (χ4n) is 1.94. The minimum atomic E-state index is -0.000814. The monoisotopic (exact) mass is 254 g/mol. The first-order chi connectivity index (χ1) is 9.27. The second-order valence-electron chi connectivity index (χ2n) is 4.50. The van der Waals surface area contributed by atoms with Crippen LogP contribution in [0.15, 0.2) is 48.7 Å².